The van der Waals surface area contributed by atoms with E-state index in [2.05, 4.69) is 4.90 Å². The molecule has 0 atom stereocenters. The van der Waals surface area contributed by atoms with E-state index in [0.717, 1.165) is 31.4 Å². The molecule has 2 aliphatic rings. The van der Waals surface area contributed by atoms with Crippen molar-refractivity contribution in [2.75, 3.05) is 26.3 Å². The normalized spacial score (nSPS) is 17.4. The summed E-state index contributed by atoms with van der Waals surface area (Å²) in [5, 5.41) is 0.530. The highest BCUT2D eigenvalue weighted by molar-refractivity contribution is 6.31. The lowest BCUT2D eigenvalue weighted by Gasteiger charge is -2.31. The lowest BCUT2D eigenvalue weighted by molar-refractivity contribution is 0.0808. The number of aromatic nitrogens is 1. The van der Waals surface area contributed by atoms with E-state index >= 15 is 0 Å². The Kier molecular flexibility index (Phi) is 5.00. The van der Waals surface area contributed by atoms with Gasteiger partial charge in [0, 0.05) is 35.7 Å². The highest BCUT2D eigenvalue weighted by atomic mass is 35.5. The van der Waals surface area contributed by atoms with Gasteiger partial charge in [0.2, 0.25) is 0 Å². The van der Waals surface area contributed by atoms with Gasteiger partial charge in [-0.1, -0.05) is 11.6 Å². The summed E-state index contributed by atoms with van der Waals surface area (Å²) in [5.41, 5.74) is 1.86. The summed E-state index contributed by atoms with van der Waals surface area (Å²) in [6.07, 6.45) is 1.48. The van der Waals surface area contributed by atoms with Crippen molar-refractivity contribution in [1.29, 1.82) is 0 Å². The molecule has 0 spiro atoms. The van der Waals surface area contributed by atoms with Crippen molar-refractivity contribution in [1.82, 2.24) is 9.47 Å². The molecule has 0 N–H and O–H groups in total. The maximum Gasteiger partial charge on any atom is 0.421 e. The van der Waals surface area contributed by atoms with Crippen molar-refractivity contribution in [3.8, 4) is 11.5 Å². The number of carbonyl (C=O) groups is 1. The fourth-order valence-electron chi connectivity index (χ4n) is 4.14. The molecule has 2 aromatic carbocycles. The van der Waals surface area contributed by atoms with Gasteiger partial charge < -0.3 is 13.9 Å². The van der Waals surface area contributed by atoms with Crippen molar-refractivity contribution >= 4 is 28.5 Å². The maximum absolute atomic E-state index is 13.0. The molecule has 5 rings (SSSR count). The predicted molar refractivity (Wildman–Crippen MR) is 112 cm³/mol. The Balaban J connectivity index is 1.25. The molecule has 0 unspecified atom stereocenters. The lowest BCUT2D eigenvalue weighted by Crippen LogP contribution is -2.39. The van der Waals surface area contributed by atoms with Gasteiger partial charge in [0.05, 0.1) is 12.2 Å². The van der Waals surface area contributed by atoms with Crippen molar-refractivity contribution in [2.45, 2.75) is 19.5 Å². The number of hydrogen-bond acceptors (Lipinski definition) is 6. The highest BCUT2D eigenvalue weighted by Gasteiger charge is 2.27. The standard InChI is InChI=1S/C22H21ClN2O5/c23-16-2-3-17-19(12-16)30-22(27)25(17)13-24-7-5-14(6-8-24)21(26)15-1-4-18-20(11-15)29-10-9-28-18/h1-4,11-12,14H,5-10,13H2. The molecule has 3 heterocycles. The number of fused-ring (bicyclic) bond motifs is 2. The molecule has 0 bridgehead atoms. The molecule has 2 aliphatic heterocycles. The van der Waals surface area contributed by atoms with E-state index < -0.39 is 5.76 Å². The van der Waals surface area contributed by atoms with Gasteiger partial charge in [0.15, 0.2) is 22.9 Å². The third-order valence-corrected chi connectivity index (χ3v) is 5.99. The van der Waals surface area contributed by atoms with E-state index in [0.29, 0.717) is 47.6 Å². The van der Waals surface area contributed by atoms with E-state index in [1.165, 1.54) is 0 Å². The summed E-state index contributed by atoms with van der Waals surface area (Å²) >= 11 is 5.98. The van der Waals surface area contributed by atoms with Gasteiger partial charge in [-0.15, -0.1) is 0 Å². The van der Waals surface area contributed by atoms with Crippen LogP contribution in [-0.2, 0) is 6.67 Å². The summed E-state index contributed by atoms with van der Waals surface area (Å²) in [6, 6.07) is 10.6. The van der Waals surface area contributed by atoms with Gasteiger partial charge in [0.1, 0.15) is 13.2 Å². The Labute approximate surface area is 177 Å². The zero-order chi connectivity index (χ0) is 20.7. The average molecular weight is 429 g/mol. The van der Waals surface area contributed by atoms with Crippen LogP contribution in [0.1, 0.15) is 23.2 Å². The molecule has 0 radical (unpaired) electrons. The second-order valence-electron chi connectivity index (χ2n) is 7.66. The maximum atomic E-state index is 13.0. The number of piperidine rings is 1. The summed E-state index contributed by atoms with van der Waals surface area (Å²) in [4.78, 5) is 27.4. The average Bonchev–Trinajstić information content (AvgIpc) is 3.07. The number of Topliss-reactive ketones (excluding diaryl/α,β-unsaturated/α-hetero) is 1. The minimum atomic E-state index is -0.401. The second-order valence-corrected chi connectivity index (χ2v) is 8.10. The van der Waals surface area contributed by atoms with Crippen LogP contribution in [0, 0.1) is 5.92 Å². The number of nitrogens with zero attached hydrogens (tertiary/aromatic N) is 2. The quantitative estimate of drug-likeness (QED) is 0.591. The minimum Gasteiger partial charge on any atom is -0.486 e. The first-order valence-electron chi connectivity index (χ1n) is 10.0. The SMILES string of the molecule is O=C(c1ccc2c(c1)OCCO2)C1CCN(Cn2c(=O)oc3cc(Cl)ccc32)CC1. The summed E-state index contributed by atoms with van der Waals surface area (Å²) in [7, 11) is 0. The van der Waals surface area contributed by atoms with Crippen LogP contribution in [0.3, 0.4) is 0 Å². The molecule has 3 aromatic rings. The van der Waals surface area contributed by atoms with Crippen molar-refractivity contribution in [3.05, 3.63) is 57.5 Å². The minimum absolute atomic E-state index is 0.0413. The van der Waals surface area contributed by atoms with Crippen molar-refractivity contribution in [2.24, 2.45) is 5.92 Å². The fourth-order valence-corrected chi connectivity index (χ4v) is 4.31. The van der Waals surface area contributed by atoms with Gasteiger partial charge in [-0.05, 0) is 43.2 Å². The van der Waals surface area contributed by atoms with E-state index in [4.69, 9.17) is 25.5 Å². The smallest absolute Gasteiger partial charge is 0.421 e. The molecule has 156 valence electrons. The first-order chi connectivity index (χ1) is 14.6. The molecule has 1 aromatic heterocycles. The van der Waals surface area contributed by atoms with Crippen molar-refractivity contribution in [3.63, 3.8) is 0 Å². The number of ether oxygens (including phenoxy) is 2. The zero-order valence-corrected chi connectivity index (χ0v) is 17.1. The van der Waals surface area contributed by atoms with E-state index in [1.807, 2.05) is 6.07 Å². The van der Waals surface area contributed by atoms with Crippen LogP contribution in [0.15, 0.2) is 45.6 Å². The molecule has 0 amide bonds. The number of hydrogen-bond donors (Lipinski definition) is 0. The molecule has 0 aliphatic carbocycles. The summed E-state index contributed by atoms with van der Waals surface area (Å²) in [5.74, 6) is 1.01. The van der Waals surface area contributed by atoms with Gasteiger partial charge >= 0.3 is 5.76 Å². The fraction of sp³-hybridized carbons (Fsp3) is 0.364. The highest BCUT2D eigenvalue weighted by Crippen LogP contribution is 2.32. The Morgan fingerprint density at radius 3 is 2.60 bits per heavy atom. The monoisotopic (exact) mass is 428 g/mol. The molecular weight excluding hydrogens is 408 g/mol. The van der Waals surface area contributed by atoms with Crippen LogP contribution in [0.4, 0.5) is 0 Å². The molecular formula is C22H21ClN2O5. The number of oxazole rings is 1. The first-order valence-corrected chi connectivity index (χ1v) is 10.4. The molecule has 8 heteroatoms. The predicted octanol–water partition coefficient (Wildman–Crippen LogP) is 3.57. The topological polar surface area (TPSA) is 73.9 Å². The van der Waals surface area contributed by atoms with Crippen LogP contribution < -0.4 is 15.2 Å². The van der Waals surface area contributed by atoms with Crippen LogP contribution >= 0.6 is 11.6 Å². The Morgan fingerprint density at radius 2 is 1.80 bits per heavy atom. The molecule has 30 heavy (non-hydrogen) atoms. The van der Waals surface area contributed by atoms with Crippen molar-refractivity contribution < 1.29 is 18.7 Å². The lowest BCUT2D eigenvalue weighted by atomic mass is 9.89. The van der Waals surface area contributed by atoms with Crippen LogP contribution in [0.2, 0.25) is 5.02 Å². The number of carbonyl (C=O) groups excluding carboxylic acids is 1. The number of benzene rings is 2. The second kappa shape index (κ2) is 7.81. The van der Waals surface area contributed by atoms with Crippen LogP contribution in [0.25, 0.3) is 11.1 Å². The molecule has 1 saturated heterocycles. The van der Waals surface area contributed by atoms with E-state index in [-0.39, 0.29) is 11.7 Å². The summed E-state index contributed by atoms with van der Waals surface area (Å²) < 4.78 is 18.0. The Hall–Kier alpha value is -2.77. The number of ketones is 1. The van der Waals surface area contributed by atoms with E-state index in [9.17, 15) is 9.59 Å². The van der Waals surface area contributed by atoms with Gasteiger partial charge in [-0.25, -0.2) is 4.79 Å². The Morgan fingerprint density at radius 1 is 1.03 bits per heavy atom. The largest absolute Gasteiger partial charge is 0.486 e. The molecule has 7 nitrogen and oxygen atoms in total. The van der Waals surface area contributed by atoms with Crippen LogP contribution in [0.5, 0.6) is 11.5 Å². The van der Waals surface area contributed by atoms with Crippen LogP contribution in [-0.4, -0.2) is 41.6 Å². The third-order valence-electron chi connectivity index (χ3n) is 5.76. The zero-order valence-electron chi connectivity index (χ0n) is 16.3. The van der Waals surface area contributed by atoms with Gasteiger partial charge in [0.25, 0.3) is 0 Å². The molecule has 1 fully saturated rings. The number of likely N-dealkylation sites (tertiary alicyclic amines) is 1. The van der Waals surface area contributed by atoms with E-state index in [1.54, 1.807) is 34.9 Å². The van der Waals surface area contributed by atoms with Gasteiger partial charge in [-0.2, -0.15) is 0 Å². The number of halogens is 1. The van der Waals surface area contributed by atoms with Gasteiger partial charge in [-0.3, -0.25) is 14.3 Å². The third kappa shape index (κ3) is 3.59. The Bertz CT molecular complexity index is 1160. The first kappa shape index (κ1) is 19.2. The molecule has 0 saturated carbocycles. The number of rotatable bonds is 4. The summed E-state index contributed by atoms with van der Waals surface area (Å²) in [6.45, 7) is 2.91.